The molecule has 6 heteroatoms. The topological polar surface area (TPSA) is 67.4 Å². The maximum Gasteiger partial charge on any atom is 0.342 e. The van der Waals surface area contributed by atoms with E-state index in [0.29, 0.717) is 16.3 Å². The first-order valence-electron chi connectivity index (χ1n) is 10.0. The normalized spacial score (nSPS) is 10.7. The minimum absolute atomic E-state index is 0.261. The molecule has 0 unspecified atom stereocenters. The summed E-state index contributed by atoms with van der Waals surface area (Å²) in [5.41, 5.74) is 3.97. The number of rotatable bonds is 7. The Labute approximate surface area is 181 Å². The van der Waals surface area contributed by atoms with Gasteiger partial charge in [-0.05, 0) is 43.5 Å². The van der Waals surface area contributed by atoms with Crippen molar-refractivity contribution < 1.29 is 14.3 Å². The van der Waals surface area contributed by atoms with E-state index in [-0.39, 0.29) is 6.10 Å². The zero-order valence-corrected chi connectivity index (χ0v) is 18.2. The van der Waals surface area contributed by atoms with Gasteiger partial charge in [-0.25, -0.2) is 9.59 Å². The zero-order chi connectivity index (χ0) is 21.5. The van der Waals surface area contributed by atoms with E-state index in [1.807, 2.05) is 35.7 Å². The molecule has 0 aliphatic carbocycles. The lowest BCUT2D eigenvalue weighted by Crippen LogP contribution is -2.21. The lowest BCUT2D eigenvalue weighted by atomic mass is 10.0. The number of urea groups is 1. The van der Waals surface area contributed by atoms with Crippen molar-refractivity contribution in [3.8, 4) is 11.1 Å². The molecule has 0 spiro atoms. The monoisotopic (exact) mass is 422 g/mol. The predicted molar refractivity (Wildman–Crippen MR) is 123 cm³/mol. The minimum atomic E-state index is -0.450. The summed E-state index contributed by atoms with van der Waals surface area (Å²) >= 11 is 1.31. The average molecular weight is 423 g/mol. The molecule has 0 saturated carbocycles. The fraction of sp³-hybridized carbons (Fsp3) is 0.250. The number of aryl methyl sites for hydroxylation is 1. The van der Waals surface area contributed by atoms with Crippen LogP contribution in [-0.2, 0) is 11.2 Å². The van der Waals surface area contributed by atoms with E-state index < -0.39 is 12.0 Å². The number of benzene rings is 2. The standard InChI is InChI=1S/C24H26N2O3S/c1-4-8-17-11-13-18(14-12-17)20-15-30-22(21(20)23(27)29-16(2)3)26-24(28)25-19-9-6-5-7-10-19/h5-7,9-16H,4,8H2,1-3H3,(H2,25,26,28). The molecule has 1 aromatic heterocycles. The molecular weight excluding hydrogens is 396 g/mol. The summed E-state index contributed by atoms with van der Waals surface area (Å²) in [6.07, 6.45) is 1.83. The van der Waals surface area contributed by atoms with Gasteiger partial charge in [0.25, 0.3) is 0 Å². The van der Waals surface area contributed by atoms with Crippen LogP contribution in [0.15, 0.2) is 60.0 Å². The Balaban J connectivity index is 1.89. The molecule has 0 fully saturated rings. The largest absolute Gasteiger partial charge is 0.459 e. The van der Waals surface area contributed by atoms with Crippen molar-refractivity contribution in [2.75, 3.05) is 10.6 Å². The molecule has 0 bridgehead atoms. The Morgan fingerprint density at radius 1 is 1.00 bits per heavy atom. The molecule has 0 atom stereocenters. The second kappa shape index (κ2) is 10.1. The van der Waals surface area contributed by atoms with Gasteiger partial charge in [-0.2, -0.15) is 0 Å². The molecule has 0 aliphatic heterocycles. The molecule has 30 heavy (non-hydrogen) atoms. The lowest BCUT2D eigenvalue weighted by molar-refractivity contribution is 0.0380. The number of amides is 2. The number of carbonyl (C=O) groups is 2. The van der Waals surface area contributed by atoms with Gasteiger partial charge in [0.15, 0.2) is 0 Å². The Bertz CT molecular complexity index is 995. The van der Waals surface area contributed by atoms with Crippen LogP contribution in [0.2, 0.25) is 0 Å². The molecule has 2 aromatic carbocycles. The molecule has 3 rings (SSSR count). The quantitative estimate of drug-likeness (QED) is 0.423. The van der Waals surface area contributed by atoms with Crippen LogP contribution in [-0.4, -0.2) is 18.1 Å². The summed E-state index contributed by atoms with van der Waals surface area (Å²) < 4.78 is 5.46. The highest BCUT2D eigenvalue weighted by Crippen LogP contribution is 2.36. The van der Waals surface area contributed by atoms with Gasteiger partial charge in [0.2, 0.25) is 0 Å². The third-order valence-electron chi connectivity index (χ3n) is 4.40. The SMILES string of the molecule is CCCc1ccc(-c2csc(NC(=O)Nc3ccccc3)c2C(=O)OC(C)C)cc1. The van der Waals surface area contributed by atoms with E-state index in [4.69, 9.17) is 4.74 Å². The van der Waals surface area contributed by atoms with Crippen LogP contribution in [0.1, 0.15) is 43.1 Å². The van der Waals surface area contributed by atoms with E-state index in [2.05, 4.69) is 29.7 Å². The fourth-order valence-corrected chi connectivity index (χ4v) is 4.02. The van der Waals surface area contributed by atoms with Gasteiger partial charge in [0.05, 0.1) is 6.10 Å². The first kappa shape index (κ1) is 21.6. The van der Waals surface area contributed by atoms with Crippen LogP contribution in [0.5, 0.6) is 0 Å². The number of esters is 1. The molecule has 0 saturated heterocycles. The molecular formula is C24H26N2O3S. The van der Waals surface area contributed by atoms with Crippen LogP contribution >= 0.6 is 11.3 Å². The first-order valence-corrected chi connectivity index (χ1v) is 10.9. The van der Waals surface area contributed by atoms with Crippen molar-refractivity contribution in [3.05, 3.63) is 71.1 Å². The van der Waals surface area contributed by atoms with Crippen molar-refractivity contribution in [3.63, 3.8) is 0 Å². The fourth-order valence-electron chi connectivity index (χ4n) is 3.06. The predicted octanol–water partition coefficient (Wildman–Crippen LogP) is 6.58. The van der Waals surface area contributed by atoms with Crippen molar-refractivity contribution in [2.24, 2.45) is 0 Å². The highest BCUT2D eigenvalue weighted by molar-refractivity contribution is 7.15. The van der Waals surface area contributed by atoms with Gasteiger partial charge in [-0.15, -0.1) is 11.3 Å². The number of anilines is 2. The van der Waals surface area contributed by atoms with Crippen LogP contribution < -0.4 is 10.6 Å². The van der Waals surface area contributed by atoms with Crippen LogP contribution in [0.25, 0.3) is 11.1 Å². The average Bonchev–Trinajstić information content (AvgIpc) is 3.12. The Kier molecular flexibility index (Phi) is 7.25. The Hall–Kier alpha value is -3.12. The number of ether oxygens (including phenoxy) is 1. The van der Waals surface area contributed by atoms with E-state index >= 15 is 0 Å². The van der Waals surface area contributed by atoms with Crippen LogP contribution in [0.4, 0.5) is 15.5 Å². The summed E-state index contributed by atoms with van der Waals surface area (Å²) in [5.74, 6) is -0.450. The molecule has 3 aromatic rings. The lowest BCUT2D eigenvalue weighted by Gasteiger charge is -2.12. The third kappa shape index (κ3) is 5.48. The zero-order valence-electron chi connectivity index (χ0n) is 17.4. The summed E-state index contributed by atoms with van der Waals surface area (Å²) in [6.45, 7) is 5.75. The van der Waals surface area contributed by atoms with Gasteiger partial charge in [0, 0.05) is 16.6 Å². The van der Waals surface area contributed by atoms with Crippen molar-refractivity contribution in [1.29, 1.82) is 0 Å². The van der Waals surface area contributed by atoms with Crippen LogP contribution in [0, 0.1) is 0 Å². The number of hydrogen-bond donors (Lipinski definition) is 2. The molecule has 1 heterocycles. The van der Waals surface area contributed by atoms with E-state index in [9.17, 15) is 9.59 Å². The molecule has 5 nitrogen and oxygen atoms in total. The van der Waals surface area contributed by atoms with Gasteiger partial charge in [-0.1, -0.05) is 55.8 Å². The third-order valence-corrected chi connectivity index (χ3v) is 5.30. The summed E-state index contributed by atoms with van der Waals surface area (Å²) in [7, 11) is 0. The smallest absolute Gasteiger partial charge is 0.342 e. The molecule has 2 amide bonds. The van der Waals surface area contributed by atoms with E-state index in [1.165, 1.54) is 16.9 Å². The van der Waals surface area contributed by atoms with Gasteiger partial charge in [0.1, 0.15) is 10.6 Å². The highest BCUT2D eigenvalue weighted by Gasteiger charge is 2.23. The van der Waals surface area contributed by atoms with Crippen LogP contribution in [0.3, 0.4) is 0 Å². The van der Waals surface area contributed by atoms with E-state index in [0.717, 1.165) is 24.0 Å². The van der Waals surface area contributed by atoms with Gasteiger partial charge in [-0.3, -0.25) is 5.32 Å². The first-order chi connectivity index (χ1) is 14.5. The molecule has 156 valence electrons. The molecule has 2 N–H and O–H groups in total. The maximum atomic E-state index is 12.9. The van der Waals surface area contributed by atoms with E-state index in [1.54, 1.807) is 26.0 Å². The minimum Gasteiger partial charge on any atom is -0.459 e. The molecule has 0 radical (unpaired) electrons. The number of para-hydroxylation sites is 1. The highest BCUT2D eigenvalue weighted by atomic mass is 32.1. The maximum absolute atomic E-state index is 12.9. The van der Waals surface area contributed by atoms with Crippen molar-refractivity contribution in [2.45, 2.75) is 39.7 Å². The second-order valence-corrected chi connectivity index (χ2v) is 8.08. The Morgan fingerprint density at radius 2 is 1.70 bits per heavy atom. The summed E-state index contributed by atoms with van der Waals surface area (Å²) in [6, 6.07) is 16.9. The van der Waals surface area contributed by atoms with Crippen molar-refractivity contribution in [1.82, 2.24) is 0 Å². The number of hydrogen-bond acceptors (Lipinski definition) is 4. The Morgan fingerprint density at radius 3 is 2.33 bits per heavy atom. The van der Waals surface area contributed by atoms with Gasteiger partial charge < -0.3 is 10.1 Å². The number of carbonyl (C=O) groups excluding carboxylic acids is 2. The number of thiophene rings is 1. The number of nitrogens with one attached hydrogen (secondary N) is 2. The summed E-state index contributed by atoms with van der Waals surface area (Å²) in [4.78, 5) is 25.3. The summed E-state index contributed by atoms with van der Waals surface area (Å²) in [5, 5.41) is 7.91. The second-order valence-electron chi connectivity index (χ2n) is 7.20. The van der Waals surface area contributed by atoms with Crippen molar-refractivity contribution >= 4 is 34.0 Å². The van der Waals surface area contributed by atoms with Gasteiger partial charge >= 0.3 is 12.0 Å². The molecule has 0 aliphatic rings.